The van der Waals surface area contributed by atoms with Crippen LogP contribution in [0.3, 0.4) is 0 Å². The third-order valence-electron chi connectivity index (χ3n) is 3.49. The smallest absolute Gasteiger partial charge is 0.259 e. The van der Waals surface area contributed by atoms with Gasteiger partial charge in [-0.05, 0) is 43.3 Å². The molecule has 0 spiro atoms. The number of hydrazone groups is 1. The SMILES string of the molecule is COc1ccc(NCC(=O)N/N=C(\C)c2ccc(OC)cc2O)cc1. The first-order valence-electron chi connectivity index (χ1n) is 7.62. The molecule has 1 amide bonds. The lowest BCUT2D eigenvalue weighted by Crippen LogP contribution is -2.26. The predicted molar refractivity (Wildman–Crippen MR) is 96.5 cm³/mol. The molecule has 0 unspecified atom stereocenters. The number of carbonyl (C=O) groups is 1. The number of carbonyl (C=O) groups excluding carboxylic acids is 1. The van der Waals surface area contributed by atoms with Crippen LogP contribution in [0.25, 0.3) is 0 Å². The first-order valence-corrected chi connectivity index (χ1v) is 7.62. The fourth-order valence-corrected chi connectivity index (χ4v) is 2.08. The van der Waals surface area contributed by atoms with Crippen molar-refractivity contribution in [1.29, 1.82) is 0 Å². The second kappa shape index (κ2) is 8.58. The molecule has 0 aliphatic rings. The number of phenols is 1. The molecule has 2 aromatic rings. The molecule has 3 N–H and O–H groups in total. The Morgan fingerprint density at radius 2 is 1.72 bits per heavy atom. The van der Waals surface area contributed by atoms with Crippen molar-refractivity contribution in [3.8, 4) is 17.2 Å². The number of methoxy groups -OCH3 is 2. The summed E-state index contributed by atoms with van der Waals surface area (Å²) in [6, 6.07) is 12.1. The minimum Gasteiger partial charge on any atom is -0.507 e. The molecule has 2 aromatic carbocycles. The van der Waals surface area contributed by atoms with Gasteiger partial charge in [-0.25, -0.2) is 5.43 Å². The lowest BCUT2D eigenvalue weighted by Gasteiger charge is -2.08. The van der Waals surface area contributed by atoms with Crippen LogP contribution in [0, 0.1) is 0 Å². The zero-order valence-corrected chi connectivity index (χ0v) is 14.4. The summed E-state index contributed by atoms with van der Waals surface area (Å²) in [7, 11) is 3.11. The number of benzene rings is 2. The van der Waals surface area contributed by atoms with Gasteiger partial charge in [0.2, 0.25) is 0 Å². The number of phenolic OH excluding ortho intramolecular Hbond substituents is 1. The van der Waals surface area contributed by atoms with Crippen molar-refractivity contribution in [3.05, 3.63) is 48.0 Å². The van der Waals surface area contributed by atoms with Gasteiger partial charge in [0.25, 0.3) is 5.91 Å². The molecular weight excluding hydrogens is 322 g/mol. The Morgan fingerprint density at radius 3 is 2.32 bits per heavy atom. The Bertz CT molecular complexity index is 757. The van der Waals surface area contributed by atoms with Gasteiger partial charge in [0.05, 0.1) is 26.5 Å². The predicted octanol–water partition coefficient (Wildman–Crippen LogP) is 2.36. The monoisotopic (exact) mass is 343 g/mol. The van der Waals surface area contributed by atoms with Gasteiger partial charge in [-0.15, -0.1) is 0 Å². The van der Waals surface area contributed by atoms with Crippen LogP contribution in [-0.4, -0.2) is 37.5 Å². The average molecular weight is 343 g/mol. The normalized spacial score (nSPS) is 10.9. The Balaban J connectivity index is 1.90. The average Bonchev–Trinajstić information content (AvgIpc) is 2.64. The summed E-state index contributed by atoms with van der Waals surface area (Å²) in [4.78, 5) is 11.9. The van der Waals surface area contributed by atoms with Crippen LogP contribution in [0.4, 0.5) is 5.69 Å². The molecule has 0 atom stereocenters. The largest absolute Gasteiger partial charge is 0.507 e. The van der Waals surface area contributed by atoms with E-state index in [9.17, 15) is 9.90 Å². The molecule has 132 valence electrons. The number of nitrogens with one attached hydrogen (secondary N) is 2. The minimum atomic E-state index is -0.303. The highest BCUT2D eigenvalue weighted by molar-refractivity contribution is 6.01. The van der Waals surface area contributed by atoms with Crippen molar-refractivity contribution in [2.45, 2.75) is 6.92 Å². The molecule has 25 heavy (non-hydrogen) atoms. The van der Waals surface area contributed by atoms with Crippen LogP contribution < -0.4 is 20.2 Å². The number of aromatic hydroxyl groups is 1. The van der Waals surface area contributed by atoms with E-state index < -0.39 is 0 Å². The van der Waals surface area contributed by atoms with E-state index in [1.165, 1.54) is 13.2 Å². The van der Waals surface area contributed by atoms with Crippen LogP contribution in [0.2, 0.25) is 0 Å². The van der Waals surface area contributed by atoms with Crippen molar-refractivity contribution in [2.75, 3.05) is 26.1 Å². The second-order valence-corrected chi connectivity index (χ2v) is 5.20. The molecule has 7 heteroatoms. The van der Waals surface area contributed by atoms with E-state index in [1.54, 1.807) is 38.3 Å². The molecule has 7 nitrogen and oxygen atoms in total. The summed E-state index contributed by atoms with van der Waals surface area (Å²) < 4.78 is 10.1. The summed E-state index contributed by atoms with van der Waals surface area (Å²) in [6.45, 7) is 1.76. The van der Waals surface area contributed by atoms with Gasteiger partial charge < -0.3 is 19.9 Å². The third kappa shape index (κ3) is 5.13. The molecule has 0 saturated heterocycles. The Labute approximate surface area is 146 Å². The lowest BCUT2D eigenvalue weighted by atomic mass is 10.1. The van der Waals surface area contributed by atoms with Crippen LogP contribution >= 0.6 is 0 Å². The van der Waals surface area contributed by atoms with Crippen LogP contribution in [0.1, 0.15) is 12.5 Å². The quantitative estimate of drug-likeness (QED) is 0.530. The zero-order valence-electron chi connectivity index (χ0n) is 14.4. The highest BCUT2D eigenvalue weighted by atomic mass is 16.5. The molecule has 0 radical (unpaired) electrons. The van der Waals surface area contributed by atoms with Crippen molar-refractivity contribution >= 4 is 17.3 Å². The summed E-state index contributed by atoms with van der Waals surface area (Å²) in [5.74, 6) is 1.02. The molecule has 0 saturated carbocycles. The fourth-order valence-electron chi connectivity index (χ4n) is 2.08. The van der Waals surface area contributed by atoms with Gasteiger partial charge in [-0.2, -0.15) is 5.10 Å². The summed E-state index contributed by atoms with van der Waals surface area (Å²) in [5.41, 5.74) is 4.25. The zero-order chi connectivity index (χ0) is 18.2. The highest BCUT2D eigenvalue weighted by Gasteiger charge is 2.07. The molecule has 0 heterocycles. The number of hydrogen-bond acceptors (Lipinski definition) is 6. The van der Waals surface area contributed by atoms with Crippen molar-refractivity contribution < 1.29 is 19.4 Å². The minimum absolute atomic E-state index is 0.0335. The number of hydrogen-bond donors (Lipinski definition) is 3. The third-order valence-corrected chi connectivity index (χ3v) is 3.49. The lowest BCUT2D eigenvalue weighted by molar-refractivity contribution is -0.119. The summed E-state index contributed by atoms with van der Waals surface area (Å²) in [5, 5.41) is 16.9. The number of ether oxygens (including phenoxy) is 2. The van der Waals surface area contributed by atoms with Gasteiger partial charge in [0.1, 0.15) is 17.2 Å². The van der Waals surface area contributed by atoms with Gasteiger partial charge >= 0.3 is 0 Å². The van der Waals surface area contributed by atoms with Crippen molar-refractivity contribution in [3.63, 3.8) is 0 Å². The molecule has 0 bridgehead atoms. The van der Waals surface area contributed by atoms with E-state index in [1.807, 2.05) is 12.1 Å². The topological polar surface area (TPSA) is 92.2 Å². The standard InChI is InChI=1S/C18H21N3O4/c1-12(16-9-8-15(25-3)10-17(16)22)20-21-18(23)11-19-13-4-6-14(24-2)7-5-13/h4-10,19,22H,11H2,1-3H3,(H,21,23)/b20-12+. The number of amides is 1. The molecule has 0 aliphatic carbocycles. The van der Waals surface area contributed by atoms with Gasteiger partial charge in [-0.1, -0.05) is 0 Å². The molecule has 0 fully saturated rings. The summed E-state index contributed by atoms with van der Waals surface area (Å²) in [6.07, 6.45) is 0. The van der Waals surface area contributed by atoms with E-state index >= 15 is 0 Å². The van der Waals surface area contributed by atoms with Crippen LogP contribution in [0.15, 0.2) is 47.6 Å². The van der Waals surface area contributed by atoms with E-state index in [0.29, 0.717) is 17.0 Å². The van der Waals surface area contributed by atoms with E-state index in [-0.39, 0.29) is 18.2 Å². The Hall–Kier alpha value is -3.22. The first-order chi connectivity index (χ1) is 12.0. The first kappa shape index (κ1) is 18.1. The van der Waals surface area contributed by atoms with Gasteiger partial charge in [0, 0.05) is 17.3 Å². The Kier molecular flexibility index (Phi) is 6.22. The number of nitrogens with zero attached hydrogens (tertiary/aromatic N) is 1. The molecule has 0 aromatic heterocycles. The molecule has 0 aliphatic heterocycles. The maximum Gasteiger partial charge on any atom is 0.259 e. The van der Waals surface area contributed by atoms with Crippen LogP contribution in [-0.2, 0) is 4.79 Å². The Morgan fingerprint density at radius 1 is 1.08 bits per heavy atom. The highest BCUT2D eigenvalue weighted by Crippen LogP contribution is 2.23. The van der Waals surface area contributed by atoms with E-state index in [4.69, 9.17) is 9.47 Å². The maximum atomic E-state index is 11.9. The second-order valence-electron chi connectivity index (χ2n) is 5.20. The van der Waals surface area contributed by atoms with Gasteiger partial charge in [-0.3, -0.25) is 4.79 Å². The van der Waals surface area contributed by atoms with E-state index in [0.717, 1.165) is 11.4 Å². The summed E-state index contributed by atoms with van der Waals surface area (Å²) >= 11 is 0. The maximum absolute atomic E-state index is 11.9. The molecule has 2 rings (SSSR count). The van der Waals surface area contributed by atoms with Gasteiger partial charge in [0.15, 0.2) is 0 Å². The van der Waals surface area contributed by atoms with Crippen molar-refractivity contribution in [2.24, 2.45) is 5.10 Å². The number of anilines is 1. The van der Waals surface area contributed by atoms with E-state index in [2.05, 4.69) is 15.8 Å². The van der Waals surface area contributed by atoms with Crippen LogP contribution in [0.5, 0.6) is 17.2 Å². The van der Waals surface area contributed by atoms with Crippen molar-refractivity contribution in [1.82, 2.24) is 5.43 Å². The molecular formula is C18H21N3O4. The number of rotatable bonds is 7. The fraction of sp³-hybridized carbons (Fsp3) is 0.222.